The summed E-state index contributed by atoms with van der Waals surface area (Å²) in [5.74, 6) is 0.152. The maximum Gasteiger partial charge on any atom is 0.308 e. The van der Waals surface area contributed by atoms with Crippen LogP contribution in [0.3, 0.4) is 0 Å². The minimum Gasteiger partial charge on any atom is -0.481 e. The van der Waals surface area contributed by atoms with E-state index in [1.807, 2.05) is 0 Å². The number of fused-ring (bicyclic) bond motifs is 2. The summed E-state index contributed by atoms with van der Waals surface area (Å²) in [6.45, 7) is 7.20. The second-order valence-electron chi connectivity index (χ2n) is 6.98. The lowest BCUT2D eigenvalue weighted by Gasteiger charge is -2.29. The number of hydrogen-bond donors (Lipinski definition) is 2. The number of nitrogens with one attached hydrogen (secondary N) is 1. The summed E-state index contributed by atoms with van der Waals surface area (Å²) in [5, 5.41) is 13.1. The summed E-state index contributed by atoms with van der Waals surface area (Å²) in [6.07, 6.45) is 3.39. The van der Waals surface area contributed by atoms with Crippen molar-refractivity contribution in [2.24, 2.45) is 17.8 Å². The highest BCUT2D eigenvalue weighted by Gasteiger charge is 2.50. The molecule has 1 aromatic rings. The molecule has 0 spiro atoms. The van der Waals surface area contributed by atoms with E-state index in [4.69, 9.17) is 0 Å². The molecule has 1 aromatic carbocycles. The second kappa shape index (κ2) is 5.45. The minimum absolute atomic E-state index is 0.154. The van der Waals surface area contributed by atoms with Crippen molar-refractivity contribution in [2.45, 2.75) is 52.6 Å². The lowest BCUT2D eigenvalue weighted by Crippen LogP contribution is -2.44. The summed E-state index contributed by atoms with van der Waals surface area (Å²) < 4.78 is 0. The molecule has 0 radical (unpaired) electrons. The maximum absolute atomic E-state index is 11.6. The highest BCUT2D eigenvalue weighted by Crippen LogP contribution is 2.48. The molecule has 2 fully saturated rings. The molecular weight excluding hydrogens is 262 g/mol. The van der Waals surface area contributed by atoms with Crippen LogP contribution in [0.4, 0.5) is 0 Å². The highest BCUT2D eigenvalue weighted by molar-refractivity contribution is 5.72. The van der Waals surface area contributed by atoms with E-state index in [-0.39, 0.29) is 12.0 Å². The van der Waals surface area contributed by atoms with E-state index < -0.39 is 5.97 Å². The zero-order valence-electron chi connectivity index (χ0n) is 13.1. The van der Waals surface area contributed by atoms with E-state index in [1.54, 1.807) is 0 Å². The zero-order chi connectivity index (χ0) is 15.1. The fourth-order valence-corrected chi connectivity index (χ4v) is 4.65. The van der Waals surface area contributed by atoms with Gasteiger partial charge in [0, 0.05) is 12.6 Å². The molecule has 0 saturated heterocycles. The van der Waals surface area contributed by atoms with Gasteiger partial charge >= 0.3 is 5.97 Å². The summed E-state index contributed by atoms with van der Waals surface area (Å²) in [5.41, 5.74) is 5.22. The zero-order valence-corrected chi connectivity index (χ0v) is 13.1. The average Bonchev–Trinajstić information content (AvgIpc) is 2.97. The number of carboxylic acid groups (broad SMARTS) is 1. The SMILES string of the molecule is Cc1cc(C)c(CNC2C3CCC(C3)C2C(=O)O)c(C)c1. The van der Waals surface area contributed by atoms with Crippen molar-refractivity contribution in [2.75, 3.05) is 0 Å². The van der Waals surface area contributed by atoms with Crippen molar-refractivity contribution in [3.05, 3.63) is 34.4 Å². The third-order valence-corrected chi connectivity index (χ3v) is 5.56. The summed E-state index contributed by atoms with van der Waals surface area (Å²) in [7, 11) is 0. The van der Waals surface area contributed by atoms with Crippen LogP contribution < -0.4 is 5.32 Å². The van der Waals surface area contributed by atoms with Crippen LogP contribution in [-0.4, -0.2) is 17.1 Å². The molecule has 4 unspecified atom stereocenters. The van der Waals surface area contributed by atoms with Gasteiger partial charge in [-0.05, 0) is 68.6 Å². The van der Waals surface area contributed by atoms with E-state index in [1.165, 1.54) is 28.7 Å². The monoisotopic (exact) mass is 287 g/mol. The van der Waals surface area contributed by atoms with Gasteiger partial charge < -0.3 is 10.4 Å². The van der Waals surface area contributed by atoms with Crippen LogP contribution in [0.2, 0.25) is 0 Å². The van der Waals surface area contributed by atoms with Gasteiger partial charge in [0.15, 0.2) is 0 Å². The molecule has 0 amide bonds. The van der Waals surface area contributed by atoms with Crippen molar-refractivity contribution < 1.29 is 9.90 Å². The number of aliphatic carboxylic acids is 1. The first-order valence-corrected chi connectivity index (χ1v) is 8.00. The Morgan fingerprint density at radius 2 is 1.81 bits per heavy atom. The molecule has 0 heterocycles. The Morgan fingerprint density at radius 3 is 2.43 bits per heavy atom. The summed E-state index contributed by atoms with van der Waals surface area (Å²) in [6, 6.07) is 4.57. The standard InChI is InChI=1S/C18H25NO2/c1-10-6-11(2)15(12(3)7-10)9-19-17-14-5-4-13(8-14)16(17)18(20)21/h6-7,13-14,16-17,19H,4-5,8-9H2,1-3H3,(H,20,21). The molecule has 3 nitrogen and oxygen atoms in total. The molecule has 2 saturated carbocycles. The van der Waals surface area contributed by atoms with Crippen molar-refractivity contribution >= 4 is 5.97 Å². The Balaban J connectivity index is 1.74. The number of hydrogen-bond acceptors (Lipinski definition) is 2. The molecule has 2 N–H and O–H groups in total. The van der Waals surface area contributed by atoms with Gasteiger partial charge in [0.2, 0.25) is 0 Å². The van der Waals surface area contributed by atoms with Crippen LogP contribution >= 0.6 is 0 Å². The van der Waals surface area contributed by atoms with Crippen LogP contribution in [0.5, 0.6) is 0 Å². The molecule has 21 heavy (non-hydrogen) atoms. The molecule has 3 rings (SSSR count). The molecule has 0 aliphatic heterocycles. The fraction of sp³-hybridized carbons (Fsp3) is 0.611. The first-order chi connectivity index (χ1) is 9.97. The molecular formula is C18H25NO2. The normalized spacial score (nSPS) is 30.8. The number of carbonyl (C=O) groups is 1. The minimum atomic E-state index is -0.614. The summed E-state index contributed by atoms with van der Waals surface area (Å²) >= 11 is 0. The van der Waals surface area contributed by atoms with Crippen molar-refractivity contribution in [3.63, 3.8) is 0 Å². The van der Waals surface area contributed by atoms with Crippen molar-refractivity contribution in [1.29, 1.82) is 0 Å². The van der Waals surface area contributed by atoms with Gasteiger partial charge in [-0.15, -0.1) is 0 Å². The van der Waals surface area contributed by atoms with Gasteiger partial charge in [-0.25, -0.2) is 0 Å². The van der Waals surface area contributed by atoms with E-state index in [2.05, 4.69) is 38.2 Å². The van der Waals surface area contributed by atoms with Gasteiger partial charge in [-0.3, -0.25) is 4.79 Å². The molecule has 2 aliphatic rings. The lowest BCUT2D eigenvalue weighted by atomic mass is 9.84. The van der Waals surface area contributed by atoms with E-state index in [9.17, 15) is 9.90 Å². The molecule has 114 valence electrons. The second-order valence-corrected chi connectivity index (χ2v) is 6.98. The average molecular weight is 287 g/mol. The largest absolute Gasteiger partial charge is 0.481 e. The molecule has 3 heteroatoms. The number of rotatable bonds is 4. The first-order valence-electron chi connectivity index (χ1n) is 8.00. The van der Waals surface area contributed by atoms with Crippen LogP contribution in [0.1, 0.15) is 41.5 Å². The van der Waals surface area contributed by atoms with Gasteiger partial charge in [-0.1, -0.05) is 17.7 Å². The predicted molar refractivity (Wildman–Crippen MR) is 83.2 cm³/mol. The smallest absolute Gasteiger partial charge is 0.308 e. The van der Waals surface area contributed by atoms with E-state index >= 15 is 0 Å². The molecule has 2 aliphatic carbocycles. The Kier molecular flexibility index (Phi) is 3.78. The molecule has 4 atom stereocenters. The van der Waals surface area contributed by atoms with Gasteiger partial charge in [0.25, 0.3) is 0 Å². The number of aryl methyl sites for hydroxylation is 3. The Hall–Kier alpha value is -1.35. The number of carboxylic acids is 1. The van der Waals surface area contributed by atoms with Crippen molar-refractivity contribution in [3.8, 4) is 0 Å². The maximum atomic E-state index is 11.6. The molecule has 2 bridgehead atoms. The fourth-order valence-electron chi connectivity index (χ4n) is 4.65. The van der Waals surface area contributed by atoms with Gasteiger partial charge in [0.1, 0.15) is 0 Å². The third kappa shape index (κ3) is 2.59. The van der Waals surface area contributed by atoms with Gasteiger partial charge in [0.05, 0.1) is 5.92 Å². The predicted octanol–water partition coefficient (Wildman–Crippen LogP) is 3.20. The number of benzene rings is 1. The van der Waals surface area contributed by atoms with Crippen LogP contribution in [0.15, 0.2) is 12.1 Å². The quantitative estimate of drug-likeness (QED) is 0.894. The van der Waals surface area contributed by atoms with Crippen LogP contribution in [-0.2, 0) is 11.3 Å². The summed E-state index contributed by atoms with van der Waals surface area (Å²) in [4.78, 5) is 11.6. The van der Waals surface area contributed by atoms with Crippen LogP contribution in [0.25, 0.3) is 0 Å². The van der Waals surface area contributed by atoms with E-state index in [0.29, 0.717) is 11.8 Å². The van der Waals surface area contributed by atoms with Crippen LogP contribution in [0, 0.1) is 38.5 Å². The highest BCUT2D eigenvalue weighted by atomic mass is 16.4. The lowest BCUT2D eigenvalue weighted by molar-refractivity contribution is -0.144. The first kappa shape index (κ1) is 14.6. The van der Waals surface area contributed by atoms with Crippen molar-refractivity contribution in [1.82, 2.24) is 5.32 Å². The Labute approximate surface area is 126 Å². The van der Waals surface area contributed by atoms with Gasteiger partial charge in [-0.2, -0.15) is 0 Å². The third-order valence-electron chi connectivity index (χ3n) is 5.56. The topological polar surface area (TPSA) is 49.3 Å². The molecule has 0 aromatic heterocycles. The van der Waals surface area contributed by atoms with E-state index in [0.717, 1.165) is 19.4 Å². The Morgan fingerprint density at radius 1 is 1.19 bits per heavy atom. The Bertz CT molecular complexity index is 543.